The molecule has 0 bridgehead atoms. The zero-order valence-electron chi connectivity index (χ0n) is 10.6. The molecule has 1 heterocycles. The second kappa shape index (κ2) is 7.40. The number of amides is 1. The van der Waals surface area contributed by atoms with Gasteiger partial charge in [0.15, 0.2) is 11.6 Å². The van der Waals surface area contributed by atoms with Gasteiger partial charge in [0.25, 0.3) is 0 Å². The first-order chi connectivity index (χ1) is 9.65. The fourth-order valence-electron chi connectivity index (χ4n) is 1.54. The van der Waals surface area contributed by atoms with Gasteiger partial charge in [0.2, 0.25) is 5.91 Å². The van der Waals surface area contributed by atoms with Gasteiger partial charge < -0.3 is 10.1 Å². The number of benzene rings is 1. The van der Waals surface area contributed by atoms with Gasteiger partial charge in [0.05, 0.1) is 23.4 Å². The standard InChI is InChI=1S/C14H13BrFNO2S/c15-13-6-5-10(20-13)9-17-14(18)7-8-19-12-4-2-1-3-11(12)16/h1-6H,7-9H2,(H,17,18). The molecule has 1 amide bonds. The first-order valence-corrected chi connectivity index (χ1v) is 7.64. The van der Waals surface area contributed by atoms with E-state index in [4.69, 9.17) is 4.74 Å². The molecule has 106 valence electrons. The van der Waals surface area contributed by atoms with E-state index in [-0.39, 0.29) is 24.7 Å². The average molecular weight is 358 g/mol. The normalized spacial score (nSPS) is 10.3. The Morgan fingerprint density at radius 3 is 2.80 bits per heavy atom. The lowest BCUT2D eigenvalue weighted by atomic mass is 10.3. The fourth-order valence-corrected chi connectivity index (χ4v) is 2.96. The minimum atomic E-state index is -0.420. The van der Waals surface area contributed by atoms with Crippen molar-refractivity contribution in [2.75, 3.05) is 6.61 Å². The van der Waals surface area contributed by atoms with Crippen LogP contribution >= 0.6 is 27.3 Å². The summed E-state index contributed by atoms with van der Waals surface area (Å²) in [6, 6.07) is 10.0. The van der Waals surface area contributed by atoms with Crippen LogP contribution in [0.4, 0.5) is 4.39 Å². The van der Waals surface area contributed by atoms with Gasteiger partial charge in [0, 0.05) is 4.88 Å². The summed E-state index contributed by atoms with van der Waals surface area (Å²) in [4.78, 5) is 12.7. The highest BCUT2D eigenvalue weighted by Crippen LogP contribution is 2.21. The van der Waals surface area contributed by atoms with E-state index in [1.165, 1.54) is 12.1 Å². The third-order valence-corrected chi connectivity index (χ3v) is 4.14. The van der Waals surface area contributed by atoms with Crippen LogP contribution in [0.2, 0.25) is 0 Å². The number of nitrogens with one attached hydrogen (secondary N) is 1. The summed E-state index contributed by atoms with van der Waals surface area (Å²) in [5, 5.41) is 2.79. The first kappa shape index (κ1) is 15.0. The van der Waals surface area contributed by atoms with Gasteiger partial charge in [-0.2, -0.15) is 0 Å². The van der Waals surface area contributed by atoms with Crippen molar-refractivity contribution in [3.63, 3.8) is 0 Å². The number of para-hydroxylation sites is 1. The van der Waals surface area contributed by atoms with Crippen LogP contribution in [0, 0.1) is 5.82 Å². The van der Waals surface area contributed by atoms with Crippen LogP contribution in [0.1, 0.15) is 11.3 Å². The summed E-state index contributed by atoms with van der Waals surface area (Å²) in [7, 11) is 0. The van der Waals surface area contributed by atoms with Gasteiger partial charge >= 0.3 is 0 Å². The average Bonchev–Trinajstić information content (AvgIpc) is 2.84. The van der Waals surface area contributed by atoms with Crippen LogP contribution in [0.25, 0.3) is 0 Å². The van der Waals surface area contributed by atoms with Gasteiger partial charge in [-0.15, -0.1) is 11.3 Å². The molecule has 0 unspecified atom stereocenters. The Morgan fingerprint density at radius 1 is 1.30 bits per heavy atom. The Balaban J connectivity index is 1.69. The van der Waals surface area contributed by atoms with E-state index in [1.807, 2.05) is 12.1 Å². The van der Waals surface area contributed by atoms with Crippen molar-refractivity contribution in [3.05, 3.63) is 50.9 Å². The summed E-state index contributed by atoms with van der Waals surface area (Å²) < 4.78 is 19.5. The Hall–Kier alpha value is -1.40. The number of halogens is 2. The third kappa shape index (κ3) is 4.61. The second-order valence-electron chi connectivity index (χ2n) is 4.01. The maximum Gasteiger partial charge on any atom is 0.223 e. The molecule has 20 heavy (non-hydrogen) atoms. The van der Waals surface area contributed by atoms with E-state index in [1.54, 1.807) is 23.5 Å². The molecule has 0 aliphatic rings. The van der Waals surface area contributed by atoms with Gasteiger partial charge in [-0.25, -0.2) is 4.39 Å². The van der Waals surface area contributed by atoms with E-state index in [2.05, 4.69) is 21.2 Å². The van der Waals surface area contributed by atoms with E-state index < -0.39 is 5.82 Å². The van der Waals surface area contributed by atoms with Crippen molar-refractivity contribution < 1.29 is 13.9 Å². The maximum atomic E-state index is 13.3. The van der Waals surface area contributed by atoms with Crippen molar-refractivity contribution in [3.8, 4) is 5.75 Å². The number of rotatable bonds is 6. The van der Waals surface area contributed by atoms with Crippen LogP contribution in [-0.2, 0) is 11.3 Å². The molecule has 0 saturated carbocycles. The molecule has 0 spiro atoms. The summed E-state index contributed by atoms with van der Waals surface area (Å²) in [6.07, 6.45) is 0.195. The molecule has 0 fully saturated rings. The monoisotopic (exact) mass is 357 g/mol. The molecule has 0 aliphatic carbocycles. The topological polar surface area (TPSA) is 38.3 Å². The molecule has 1 aromatic carbocycles. The Morgan fingerprint density at radius 2 is 2.10 bits per heavy atom. The number of carbonyl (C=O) groups excluding carboxylic acids is 1. The molecular formula is C14H13BrFNO2S. The predicted molar refractivity (Wildman–Crippen MR) is 80.4 cm³/mol. The summed E-state index contributed by atoms with van der Waals surface area (Å²) >= 11 is 4.94. The van der Waals surface area contributed by atoms with Crippen LogP contribution in [0.15, 0.2) is 40.2 Å². The quantitative estimate of drug-likeness (QED) is 0.855. The Bertz CT molecular complexity index is 588. The van der Waals surface area contributed by atoms with Crippen molar-refractivity contribution in [2.45, 2.75) is 13.0 Å². The highest BCUT2D eigenvalue weighted by molar-refractivity contribution is 9.11. The van der Waals surface area contributed by atoms with Crippen molar-refractivity contribution in [1.82, 2.24) is 5.32 Å². The highest BCUT2D eigenvalue weighted by Gasteiger charge is 2.05. The first-order valence-electron chi connectivity index (χ1n) is 6.03. The molecule has 0 radical (unpaired) electrons. The van der Waals surface area contributed by atoms with Crippen LogP contribution in [0.3, 0.4) is 0 Å². The van der Waals surface area contributed by atoms with Gasteiger partial charge in [-0.05, 0) is 40.2 Å². The van der Waals surface area contributed by atoms with Crippen LogP contribution in [-0.4, -0.2) is 12.5 Å². The van der Waals surface area contributed by atoms with Crippen LogP contribution < -0.4 is 10.1 Å². The number of ether oxygens (including phenoxy) is 1. The SMILES string of the molecule is O=C(CCOc1ccccc1F)NCc1ccc(Br)s1. The minimum Gasteiger partial charge on any atom is -0.490 e. The number of hydrogen-bond acceptors (Lipinski definition) is 3. The lowest BCUT2D eigenvalue weighted by Crippen LogP contribution is -2.24. The zero-order chi connectivity index (χ0) is 14.4. The molecule has 3 nitrogen and oxygen atoms in total. The lowest BCUT2D eigenvalue weighted by Gasteiger charge is -2.07. The fraction of sp³-hybridized carbons (Fsp3) is 0.214. The Kier molecular flexibility index (Phi) is 5.55. The molecule has 1 N–H and O–H groups in total. The van der Waals surface area contributed by atoms with Crippen molar-refractivity contribution in [2.24, 2.45) is 0 Å². The molecule has 2 aromatic rings. The summed E-state index contributed by atoms with van der Waals surface area (Å²) in [6.45, 7) is 0.649. The van der Waals surface area contributed by atoms with Crippen molar-refractivity contribution >= 4 is 33.2 Å². The maximum absolute atomic E-state index is 13.3. The number of thiophene rings is 1. The molecule has 2 rings (SSSR count). The van der Waals surface area contributed by atoms with E-state index in [0.717, 1.165) is 8.66 Å². The molecule has 1 aromatic heterocycles. The van der Waals surface area contributed by atoms with E-state index in [0.29, 0.717) is 6.54 Å². The zero-order valence-corrected chi connectivity index (χ0v) is 13.0. The summed E-state index contributed by atoms with van der Waals surface area (Å²) in [5.74, 6) is -0.371. The third-order valence-electron chi connectivity index (χ3n) is 2.51. The molecule has 6 heteroatoms. The van der Waals surface area contributed by atoms with E-state index in [9.17, 15) is 9.18 Å². The Labute approximate surface area is 128 Å². The second-order valence-corrected chi connectivity index (χ2v) is 6.56. The largest absolute Gasteiger partial charge is 0.490 e. The highest BCUT2D eigenvalue weighted by atomic mass is 79.9. The van der Waals surface area contributed by atoms with Gasteiger partial charge in [-0.1, -0.05) is 12.1 Å². The molecular weight excluding hydrogens is 345 g/mol. The lowest BCUT2D eigenvalue weighted by molar-refractivity contribution is -0.121. The van der Waals surface area contributed by atoms with Crippen LogP contribution in [0.5, 0.6) is 5.75 Å². The smallest absolute Gasteiger partial charge is 0.223 e. The molecule has 0 saturated heterocycles. The molecule has 0 aliphatic heterocycles. The summed E-state index contributed by atoms with van der Waals surface area (Å²) in [5.41, 5.74) is 0. The van der Waals surface area contributed by atoms with Crippen molar-refractivity contribution in [1.29, 1.82) is 0 Å². The minimum absolute atomic E-state index is 0.120. The number of hydrogen-bond donors (Lipinski definition) is 1. The van der Waals surface area contributed by atoms with Gasteiger partial charge in [-0.3, -0.25) is 4.79 Å². The van der Waals surface area contributed by atoms with Gasteiger partial charge in [0.1, 0.15) is 0 Å². The van der Waals surface area contributed by atoms with E-state index >= 15 is 0 Å². The molecule has 0 atom stereocenters. The predicted octanol–water partition coefficient (Wildman–Crippen LogP) is 3.74. The number of carbonyl (C=O) groups is 1.